The van der Waals surface area contributed by atoms with Crippen molar-refractivity contribution in [3.05, 3.63) is 24.3 Å². The fraction of sp³-hybridized carbons (Fsp3) is 0.704. The van der Waals surface area contributed by atoms with E-state index in [0.717, 1.165) is 25.7 Å². The Hall–Kier alpha value is -2.44. The SMILES string of the molecule is C.CCOC(=O)[C@@H]1[C@@H](C(=O)O)[C@H]2C=C[C@@H]1CC2.CCOC(=O)[C@@H]1[C@@H](CC(C)=O)[C@H]2C=C[C@@H]1CC2. The first-order valence-corrected chi connectivity index (χ1v) is 12.2. The van der Waals surface area contributed by atoms with Crippen LogP contribution in [0.4, 0.5) is 0 Å². The zero-order chi connectivity index (χ0) is 24.1. The van der Waals surface area contributed by atoms with Gasteiger partial charge in [-0.15, -0.1) is 0 Å². The van der Waals surface area contributed by atoms with Crippen LogP contribution in [0.15, 0.2) is 24.3 Å². The van der Waals surface area contributed by atoms with Crippen LogP contribution in [0.3, 0.4) is 0 Å². The van der Waals surface area contributed by atoms with E-state index < -0.39 is 17.8 Å². The second-order valence-electron chi connectivity index (χ2n) is 9.57. The molecule has 0 aliphatic heterocycles. The standard InChI is InChI=1S/C14H20O3.C12H16O4.CH4/c1-3-17-14(16)13-11-6-4-10(5-7-11)12(13)8-9(2)15;1-2-16-12(15)10-8-5-3-7(4-6-8)9(10)11(13)14;/h4,6,10-13H,3,5,7-8H2,1-2H3;3,5,7-10H,2,4,6H2,1H3,(H,13,14);1H4/t10-,11+,12-,13-;7-,8+,9-,10-;/m00./s1. The fourth-order valence-electron chi connectivity index (χ4n) is 6.19. The third kappa shape index (κ3) is 5.97. The van der Waals surface area contributed by atoms with E-state index in [2.05, 4.69) is 12.2 Å². The number of Topliss-reactive ketones (excluding diaryl/α,β-unsaturated/α-hetero) is 1. The fourth-order valence-corrected chi connectivity index (χ4v) is 6.19. The molecule has 0 radical (unpaired) electrons. The molecule has 2 fully saturated rings. The van der Waals surface area contributed by atoms with Gasteiger partial charge in [0.2, 0.25) is 0 Å². The lowest BCUT2D eigenvalue weighted by molar-refractivity contribution is -0.163. The van der Waals surface area contributed by atoms with Gasteiger partial charge in [0.15, 0.2) is 0 Å². The van der Waals surface area contributed by atoms with Crippen LogP contribution in [-0.4, -0.2) is 42.0 Å². The van der Waals surface area contributed by atoms with Gasteiger partial charge in [-0.3, -0.25) is 14.4 Å². The average Bonchev–Trinajstić information content (AvgIpc) is 2.80. The van der Waals surface area contributed by atoms with Gasteiger partial charge in [0.25, 0.3) is 0 Å². The molecule has 1 N–H and O–H groups in total. The molecule has 0 aromatic carbocycles. The number of aliphatic carboxylic acids is 1. The van der Waals surface area contributed by atoms with E-state index in [-0.39, 0.29) is 54.7 Å². The molecule has 0 amide bonds. The molecule has 2 saturated carbocycles. The molecule has 7 nitrogen and oxygen atoms in total. The van der Waals surface area contributed by atoms with E-state index in [0.29, 0.717) is 25.6 Å². The summed E-state index contributed by atoms with van der Waals surface area (Å²) in [7, 11) is 0. The van der Waals surface area contributed by atoms with Crippen LogP contribution in [0, 0.1) is 47.3 Å². The highest BCUT2D eigenvalue weighted by molar-refractivity contribution is 5.83. The summed E-state index contributed by atoms with van der Waals surface area (Å²) in [5, 5.41) is 9.21. The van der Waals surface area contributed by atoms with E-state index in [4.69, 9.17) is 9.47 Å². The number of carboxylic acid groups (broad SMARTS) is 1. The summed E-state index contributed by atoms with van der Waals surface area (Å²) in [5.74, 6) is -1.47. The molecule has 0 aromatic heterocycles. The first kappa shape index (κ1) is 27.8. The van der Waals surface area contributed by atoms with Gasteiger partial charge in [-0.25, -0.2) is 0 Å². The molecule has 4 bridgehead atoms. The molecule has 0 saturated heterocycles. The normalized spacial score (nSPS) is 34.3. The number of carbonyl (C=O) groups is 4. The Labute approximate surface area is 203 Å². The van der Waals surface area contributed by atoms with Crippen molar-refractivity contribution in [2.24, 2.45) is 47.3 Å². The van der Waals surface area contributed by atoms with Crippen LogP contribution < -0.4 is 0 Å². The number of carbonyl (C=O) groups excluding carboxylic acids is 3. The van der Waals surface area contributed by atoms with E-state index in [1.165, 1.54) is 0 Å². The predicted octanol–water partition coefficient (Wildman–Crippen LogP) is 4.46. The Morgan fingerprint density at radius 3 is 1.56 bits per heavy atom. The van der Waals surface area contributed by atoms with Gasteiger partial charge < -0.3 is 19.4 Å². The monoisotopic (exact) mass is 476 g/mol. The van der Waals surface area contributed by atoms with E-state index in [1.54, 1.807) is 13.8 Å². The molecule has 8 atom stereocenters. The lowest BCUT2D eigenvalue weighted by Gasteiger charge is -2.43. The molecule has 0 heterocycles. The number of fused-ring (bicyclic) bond motifs is 4. The number of esters is 2. The highest BCUT2D eigenvalue weighted by Gasteiger charge is 2.49. The molecular formula is C27H40O7. The smallest absolute Gasteiger partial charge is 0.310 e. The van der Waals surface area contributed by atoms with Crippen LogP contribution in [0.1, 0.15) is 60.3 Å². The Bertz CT molecular complexity index is 814. The third-order valence-electron chi connectivity index (χ3n) is 7.59. The van der Waals surface area contributed by atoms with Crippen molar-refractivity contribution in [2.75, 3.05) is 13.2 Å². The molecule has 34 heavy (non-hydrogen) atoms. The topological polar surface area (TPSA) is 107 Å². The van der Waals surface area contributed by atoms with Crippen molar-refractivity contribution >= 4 is 23.7 Å². The van der Waals surface area contributed by atoms with Gasteiger partial charge in [-0.2, -0.15) is 0 Å². The Kier molecular flexibility index (Phi) is 10.1. The minimum atomic E-state index is -0.878. The molecule has 6 aliphatic rings. The van der Waals surface area contributed by atoms with Gasteiger partial charge in [0.1, 0.15) is 5.78 Å². The van der Waals surface area contributed by atoms with Gasteiger partial charge >= 0.3 is 17.9 Å². The first-order chi connectivity index (χ1) is 15.8. The zero-order valence-corrected chi connectivity index (χ0v) is 19.8. The summed E-state index contributed by atoms with van der Waals surface area (Å²) in [4.78, 5) is 46.4. The summed E-state index contributed by atoms with van der Waals surface area (Å²) in [6.07, 6.45) is 12.7. The second-order valence-corrected chi connectivity index (χ2v) is 9.57. The molecule has 0 unspecified atom stereocenters. The van der Waals surface area contributed by atoms with E-state index in [1.807, 2.05) is 19.1 Å². The van der Waals surface area contributed by atoms with Crippen molar-refractivity contribution in [3.63, 3.8) is 0 Å². The summed E-state index contributed by atoms with van der Waals surface area (Å²) in [5.41, 5.74) is 0. The number of carboxylic acids is 1. The molecule has 7 heteroatoms. The van der Waals surface area contributed by atoms with Crippen LogP contribution in [0.25, 0.3) is 0 Å². The van der Waals surface area contributed by atoms with Crippen molar-refractivity contribution in [1.29, 1.82) is 0 Å². The van der Waals surface area contributed by atoms with Crippen LogP contribution >= 0.6 is 0 Å². The Balaban J connectivity index is 0.000000234. The number of hydrogen-bond acceptors (Lipinski definition) is 6. The molecule has 0 aromatic rings. The summed E-state index contributed by atoms with van der Waals surface area (Å²) in [6, 6.07) is 0. The maximum atomic E-state index is 12.0. The molecule has 6 rings (SSSR count). The predicted molar refractivity (Wildman–Crippen MR) is 128 cm³/mol. The highest BCUT2D eigenvalue weighted by atomic mass is 16.5. The van der Waals surface area contributed by atoms with Gasteiger partial charge in [0.05, 0.1) is 31.0 Å². The van der Waals surface area contributed by atoms with Gasteiger partial charge in [-0.1, -0.05) is 31.7 Å². The molecular weight excluding hydrogens is 436 g/mol. The van der Waals surface area contributed by atoms with Crippen molar-refractivity contribution in [2.45, 2.75) is 60.3 Å². The maximum absolute atomic E-state index is 12.0. The molecule has 190 valence electrons. The van der Waals surface area contributed by atoms with Gasteiger partial charge in [0, 0.05) is 6.42 Å². The Morgan fingerprint density at radius 2 is 1.15 bits per heavy atom. The Morgan fingerprint density at radius 1 is 0.735 bits per heavy atom. The number of rotatable bonds is 7. The quantitative estimate of drug-likeness (QED) is 0.427. The lowest BCUT2D eigenvalue weighted by Crippen LogP contribution is -2.45. The summed E-state index contributed by atoms with van der Waals surface area (Å²) >= 11 is 0. The van der Waals surface area contributed by atoms with Crippen molar-refractivity contribution in [3.8, 4) is 0 Å². The third-order valence-corrected chi connectivity index (χ3v) is 7.59. The van der Waals surface area contributed by atoms with E-state index in [9.17, 15) is 24.3 Å². The van der Waals surface area contributed by atoms with Crippen molar-refractivity contribution in [1.82, 2.24) is 0 Å². The van der Waals surface area contributed by atoms with Crippen LogP contribution in [-0.2, 0) is 28.7 Å². The molecule has 6 aliphatic carbocycles. The number of allylic oxidation sites excluding steroid dienone is 4. The lowest BCUT2D eigenvalue weighted by atomic mass is 9.61. The largest absolute Gasteiger partial charge is 0.481 e. The zero-order valence-electron chi connectivity index (χ0n) is 19.8. The number of ketones is 1. The number of ether oxygens (including phenoxy) is 2. The minimum Gasteiger partial charge on any atom is -0.481 e. The van der Waals surface area contributed by atoms with E-state index >= 15 is 0 Å². The minimum absolute atomic E-state index is 0. The summed E-state index contributed by atoms with van der Waals surface area (Å²) in [6.45, 7) is 5.90. The van der Waals surface area contributed by atoms with Crippen LogP contribution in [0.2, 0.25) is 0 Å². The average molecular weight is 477 g/mol. The van der Waals surface area contributed by atoms with Crippen LogP contribution in [0.5, 0.6) is 0 Å². The summed E-state index contributed by atoms with van der Waals surface area (Å²) < 4.78 is 10.1. The highest BCUT2D eigenvalue weighted by Crippen LogP contribution is 2.47. The van der Waals surface area contributed by atoms with Gasteiger partial charge in [-0.05, 0) is 76.0 Å². The number of hydrogen-bond donors (Lipinski definition) is 1. The first-order valence-electron chi connectivity index (χ1n) is 12.2. The molecule has 0 spiro atoms. The maximum Gasteiger partial charge on any atom is 0.310 e. The van der Waals surface area contributed by atoms with Crippen molar-refractivity contribution < 1.29 is 33.8 Å². The second kappa shape index (κ2) is 12.3.